The van der Waals surface area contributed by atoms with Crippen molar-refractivity contribution in [1.29, 1.82) is 0 Å². The highest BCUT2D eigenvalue weighted by Crippen LogP contribution is 2.20. The highest BCUT2D eigenvalue weighted by atomic mass is 32.2. The second kappa shape index (κ2) is 6.14. The van der Waals surface area contributed by atoms with Gasteiger partial charge >= 0.3 is 0 Å². The number of nitrogens with zero attached hydrogens (tertiary/aromatic N) is 2. The lowest BCUT2D eigenvalue weighted by molar-refractivity contribution is 0.148. The molecule has 0 spiro atoms. The van der Waals surface area contributed by atoms with Crippen LogP contribution in [0.5, 0.6) is 0 Å². The van der Waals surface area contributed by atoms with Gasteiger partial charge in [-0.1, -0.05) is 0 Å². The summed E-state index contributed by atoms with van der Waals surface area (Å²) in [6, 6.07) is -0.0806. The molecule has 1 fully saturated rings. The van der Waals surface area contributed by atoms with Crippen LogP contribution in [0.1, 0.15) is 18.5 Å². The largest absolute Gasteiger partial charge is 0.383 e. The first-order valence-corrected chi connectivity index (χ1v) is 8.30. The van der Waals surface area contributed by atoms with E-state index in [4.69, 9.17) is 10.5 Å². The van der Waals surface area contributed by atoms with Crippen molar-refractivity contribution in [2.45, 2.75) is 25.4 Å². The summed E-state index contributed by atoms with van der Waals surface area (Å²) in [5.41, 5.74) is 6.14. The van der Waals surface area contributed by atoms with Gasteiger partial charge in [-0.15, -0.1) is 11.3 Å². The first-order chi connectivity index (χ1) is 9.03. The summed E-state index contributed by atoms with van der Waals surface area (Å²) in [6.07, 6.45) is 1.69. The number of anilines is 1. The van der Waals surface area contributed by atoms with Crippen molar-refractivity contribution in [1.82, 2.24) is 14.0 Å². The molecule has 0 saturated carbocycles. The van der Waals surface area contributed by atoms with Gasteiger partial charge in [-0.3, -0.25) is 0 Å². The number of ether oxygens (including phenoxy) is 1. The Labute approximate surface area is 116 Å². The van der Waals surface area contributed by atoms with Crippen molar-refractivity contribution >= 4 is 26.7 Å². The summed E-state index contributed by atoms with van der Waals surface area (Å²) in [4.78, 5) is 4.02. The van der Waals surface area contributed by atoms with Gasteiger partial charge in [-0.25, -0.2) is 4.98 Å². The Morgan fingerprint density at radius 1 is 1.68 bits per heavy atom. The van der Waals surface area contributed by atoms with E-state index in [1.807, 2.05) is 0 Å². The molecule has 108 valence electrons. The van der Waals surface area contributed by atoms with Crippen LogP contribution < -0.4 is 10.5 Å². The fourth-order valence-corrected chi connectivity index (χ4v) is 4.12. The van der Waals surface area contributed by atoms with Gasteiger partial charge in [-0.2, -0.15) is 17.4 Å². The fraction of sp³-hybridized carbons (Fsp3) is 0.700. The molecule has 1 aliphatic rings. The lowest BCUT2D eigenvalue weighted by Gasteiger charge is -2.23. The third-order valence-electron chi connectivity index (χ3n) is 3.00. The molecule has 19 heavy (non-hydrogen) atoms. The predicted octanol–water partition coefficient (Wildman–Crippen LogP) is 0.171. The van der Waals surface area contributed by atoms with E-state index in [1.165, 1.54) is 15.6 Å². The Morgan fingerprint density at radius 3 is 3.11 bits per heavy atom. The summed E-state index contributed by atoms with van der Waals surface area (Å²) < 4.78 is 33.5. The van der Waals surface area contributed by atoms with E-state index in [9.17, 15) is 8.42 Å². The second-order valence-corrected chi connectivity index (χ2v) is 6.96. The van der Waals surface area contributed by atoms with Crippen LogP contribution in [-0.4, -0.2) is 44.0 Å². The van der Waals surface area contributed by atoms with E-state index in [0.29, 0.717) is 24.0 Å². The van der Waals surface area contributed by atoms with E-state index >= 15 is 0 Å². The van der Waals surface area contributed by atoms with Crippen LogP contribution in [0.3, 0.4) is 0 Å². The molecule has 9 heteroatoms. The maximum Gasteiger partial charge on any atom is 0.280 e. The number of hydrogen-bond donors (Lipinski definition) is 2. The minimum atomic E-state index is -3.49. The first kappa shape index (κ1) is 14.7. The maximum atomic E-state index is 12.2. The zero-order chi connectivity index (χ0) is 13.9. The molecule has 0 radical (unpaired) electrons. The third-order valence-corrected chi connectivity index (χ3v) is 5.33. The van der Waals surface area contributed by atoms with Crippen LogP contribution in [0.25, 0.3) is 0 Å². The molecule has 0 amide bonds. The lowest BCUT2D eigenvalue weighted by Crippen LogP contribution is -2.44. The minimum Gasteiger partial charge on any atom is -0.383 e. The molecular weight excluding hydrogens is 288 g/mol. The van der Waals surface area contributed by atoms with Gasteiger partial charge < -0.3 is 10.5 Å². The van der Waals surface area contributed by atoms with Crippen LogP contribution in [0.15, 0.2) is 5.38 Å². The van der Waals surface area contributed by atoms with Crippen molar-refractivity contribution in [3.8, 4) is 0 Å². The Morgan fingerprint density at radius 2 is 2.47 bits per heavy atom. The normalized spacial score (nSPS) is 21.0. The van der Waals surface area contributed by atoms with Crippen molar-refractivity contribution < 1.29 is 13.2 Å². The SMILES string of the molecule is COC[C@H]1CCCN1S(=O)(=O)NCc1csc(N)n1. The van der Waals surface area contributed by atoms with Gasteiger partial charge in [0.15, 0.2) is 5.13 Å². The minimum absolute atomic E-state index is 0.0806. The predicted molar refractivity (Wildman–Crippen MR) is 73.9 cm³/mol. The zero-order valence-corrected chi connectivity index (χ0v) is 12.3. The van der Waals surface area contributed by atoms with E-state index < -0.39 is 10.2 Å². The number of nitrogen functional groups attached to an aromatic ring is 1. The quantitative estimate of drug-likeness (QED) is 0.781. The van der Waals surface area contributed by atoms with Gasteiger partial charge in [0.1, 0.15) is 0 Å². The monoisotopic (exact) mass is 306 g/mol. The van der Waals surface area contributed by atoms with Crippen molar-refractivity contribution in [3.05, 3.63) is 11.1 Å². The molecule has 3 N–H and O–H groups in total. The number of thiazole rings is 1. The van der Waals surface area contributed by atoms with Crippen molar-refractivity contribution in [2.75, 3.05) is 26.0 Å². The fourth-order valence-electron chi connectivity index (χ4n) is 2.14. The number of rotatable bonds is 6. The lowest BCUT2D eigenvalue weighted by atomic mass is 10.2. The number of aromatic nitrogens is 1. The Kier molecular flexibility index (Phi) is 4.74. The smallest absolute Gasteiger partial charge is 0.280 e. The molecule has 1 aromatic rings. The Bertz CT molecular complexity index is 517. The number of nitrogens with one attached hydrogen (secondary N) is 1. The van der Waals surface area contributed by atoms with Crippen molar-refractivity contribution in [3.63, 3.8) is 0 Å². The van der Waals surface area contributed by atoms with Crippen LogP contribution in [0.2, 0.25) is 0 Å². The highest BCUT2D eigenvalue weighted by Gasteiger charge is 2.33. The highest BCUT2D eigenvalue weighted by molar-refractivity contribution is 7.87. The Balaban J connectivity index is 1.97. The maximum absolute atomic E-state index is 12.2. The summed E-state index contributed by atoms with van der Waals surface area (Å²) in [6.45, 7) is 1.11. The molecule has 0 unspecified atom stereocenters. The van der Waals surface area contributed by atoms with E-state index in [-0.39, 0.29) is 12.6 Å². The van der Waals surface area contributed by atoms with E-state index in [0.717, 1.165) is 12.8 Å². The van der Waals surface area contributed by atoms with Gasteiger partial charge in [0.05, 0.1) is 18.8 Å². The summed E-state index contributed by atoms with van der Waals surface area (Å²) in [5, 5.41) is 2.18. The molecule has 1 atom stereocenters. The van der Waals surface area contributed by atoms with Gasteiger partial charge in [0.2, 0.25) is 0 Å². The average molecular weight is 306 g/mol. The third kappa shape index (κ3) is 3.63. The topological polar surface area (TPSA) is 97.5 Å². The molecule has 7 nitrogen and oxygen atoms in total. The first-order valence-electron chi connectivity index (χ1n) is 5.98. The number of hydrogen-bond acceptors (Lipinski definition) is 6. The van der Waals surface area contributed by atoms with Gasteiger partial charge in [0.25, 0.3) is 10.2 Å². The molecule has 1 saturated heterocycles. The van der Waals surface area contributed by atoms with E-state index in [1.54, 1.807) is 12.5 Å². The molecule has 1 aromatic heterocycles. The van der Waals surface area contributed by atoms with Gasteiger partial charge in [-0.05, 0) is 12.8 Å². The summed E-state index contributed by atoms with van der Waals surface area (Å²) in [7, 11) is -1.92. The zero-order valence-electron chi connectivity index (χ0n) is 10.7. The molecule has 0 aliphatic carbocycles. The number of nitrogens with two attached hydrogens (primary N) is 1. The average Bonchev–Trinajstić information content (AvgIpc) is 2.97. The van der Waals surface area contributed by atoms with Gasteiger partial charge in [0, 0.05) is 25.1 Å². The van der Waals surface area contributed by atoms with Crippen LogP contribution in [-0.2, 0) is 21.5 Å². The van der Waals surface area contributed by atoms with Crippen LogP contribution in [0.4, 0.5) is 5.13 Å². The van der Waals surface area contributed by atoms with Crippen molar-refractivity contribution in [2.24, 2.45) is 0 Å². The standard InChI is InChI=1S/C10H18N4O3S2/c1-17-6-9-3-2-4-14(9)19(15,16)12-5-8-7-18-10(11)13-8/h7,9,12H,2-6H2,1H3,(H2,11,13)/t9-/m1/s1. The summed E-state index contributed by atoms with van der Waals surface area (Å²) in [5.74, 6) is 0. The molecule has 2 rings (SSSR count). The summed E-state index contributed by atoms with van der Waals surface area (Å²) >= 11 is 1.29. The molecule has 1 aliphatic heterocycles. The number of methoxy groups -OCH3 is 1. The Hall–Kier alpha value is -0.740. The molecule has 2 heterocycles. The molecule has 0 aromatic carbocycles. The van der Waals surface area contributed by atoms with E-state index in [2.05, 4.69) is 9.71 Å². The molecular formula is C10H18N4O3S2. The second-order valence-electron chi connectivity index (χ2n) is 4.37. The van der Waals surface area contributed by atoms with Crippen LogP contribution in [0, 0.1) is 0 Å². The molecule has 0 bridgehead atoms. The van der Waals surface area contributed by atoms with Crippen LogP contribution >= 0.6 is 11.3 Å².